The number of hydrogen-bond acceptors (Lipinski definition) is 5. The largest absolute Gasteiger partial charge is 0.355 e. The number of nitrogens with zero attached hydrogens (tertiary/aromatic N) is 1. The van der Waals surface area contributed by atoms with Gasteiger partial charge < -0.3 is 27.0 Å². The van der Waals surface area contributed by atoms with Crippen LogP contribution in [0.3, 0.4) is 0 Å². The van der Waals surface area contributed by atoms with Gasteiger partial charge in [-0.2, -0.15) is 0 Å². The van der Waals surface area contributed by atoms with E-state index in [9.17, 15) is 9.59 Å². The minimum absolute atomic E-state index is 0.0125. The number of unbranched alkanes of at least 4 members (excludes halogenated alkanes) is 2. The molecule has 0 aliphatic heterocycles. The predicted octanol–water partition coefficient (Wildman–Crippen LogP) is -0.591. The molecular formula is C15H33N5O2. The highest BCUT2D eigenvalue weighted by Gasteiger charge is 2.10. The van der Waals surface area contributed by atoms with E-state index >= 15 is 0 Å². The summed E-state index contributed by atoms with van der Waals surface area (Å²) in [4.78, 5) is 25.4. The lowest BCUT2D eigenvalue weighted by Crippen LogP contribution is -2.36. The summed E-state index contributed by atoms with van der Waals surface area (Å²) in [5.74, 6) is 0.0250. The van der Waals surface area contributed by atoms with Crippen molar-refractivity contribution in [3.05, 3.63) is 0 Å². The molecule has 22 heavy (non-hydrogen) atoms. The van der Waals surface area contributed by atoms with E-state index in [-0.39, 0.29) is 11.8 Å². The molecule has 0 aliphatic carbocycles. The van der Waals surface area contributed by atoms with Gasteiger partial charge in [-0.05, 0) is 13.0 Å². The molecule has 2 amide bonds. The minimum Gasteiger partial charge on any atom is -0.355 e. The molecule has 0 aliphatic rings. The van der Waals surface area contributed by atoms with Crippen LogP contribution in [0.15, 0.2) is 0 Å². The molecule has 0 aromatic rings. The molecule has 0 spiro atoms. The molecule has 7 heteroatoms. The number of nitrogens with one attached hydrogen (secondary N) is 2. The van der Waals surface area contributed by atoms with Crippen LogP contribution < -0.4 is 22.1 Å². The van der Waals surface area contributed by atoms with E-state index < -0.39 is 0 Å². The van der Waals surface area contributed by atoms with Crippen molar-refractivity contribution in [2.45, 2.75) is 39.0 Å². The van der Waals surface area contributed by atoms with Crippen molar-refractivity contribution in [1.82, 2.24) is 15.5 Å². The summed E-state index contributed by atoms with van der Waals surface area (Å²) in [6, 6.07) is 0. The van der Waals surface area contributed by atoms with E-state index in [4.69, 9.17) is 11.5 Å². The maximum atomic E-state index is 11.6. The third-order valence-corrected chi connectivity index (χ3v) is 3.32. The first-order chi connectivity index (χ1) is 10.6. The van der Waals surface area contributed by atoms with Gasteiger partial charge in [0, 0.05) is 52.1 Å². The van der Waals surface area contributed by atoms with E-state index in [1.165, 1.54) is 0 Å². The fraction of sp³-hybridized carbons (Fsp3) is 0.867. The van der Waals surface area contributed by atoms with Crippen LogP contribution >= 0.6 is 0 Å². The fourth-order valence-electron chi connectivity index (χ4n) is 2.04. The van der Waals surface area contributed by atoms with Crippen molar-refractivity contribution < 1.29 is 9.59 Å². The third kappa shape index (κ3) is 12.6. The molecule has 0 saturated carbocycles. The Hall–Kier alpha value is -1.18. The lowest BCUT2D eigenvalue weighted by atomic mass is 10.2. The highest BCUT2D eigenvalue weighted by molar-refractivity contribution is 5.76. The van der Waals surface area contributed by atoms with Crippen LogP contribution in [-0.4, -0.2) is 62.5 Å². The van der Waals surface area contributed by atoms with Crippen LogP contribution in [0.2, 0.25) is 0 Å². The van der Waals surface area contributed by atoms with Gasteiger partial charge >= 0.3 is 0 Å². The summed E-state index contributed by atoms with van der Waals surface area (Å²) >= 11 is 0. The summed E-state index contributed by atoms with van der Waals surface area (Å²) in [5.41, 5.74) is 10.7. The Bertz CT molecular complexity index is 276. The number of amides is 2. The molecule has 0 aromatic heterocycles. The second-order valence-electron chi connectivity index (χ2n) is 5.33. The monoisotopic (exact) mass is 315 g/mol. The summed E-state index contributed by atoms with van der Waals surface area (Å²) in [7, 11) is 0. The van der Waals surface area contributed by atoms with Gasteiger partial charge in [0.1, 0.15) is 0 Å². The summed E-state index contributed by atoms with van der Waals surface area (Å²) in [6.07, 6.45) is 4.29. The Labute approximate surface area is 134 Å². The quantitative estimate of drug-likeness (QED) is 0.320. The number of hydrogen-bond donors (Lipinski definition) is 4. The number of rotatable bonds is 14. The molecule has 0 heterocycles. The zero-order valence-electron chi connectivity index (χ0n) is 13.9. The Kier molecular flexibility index (Phi) is 14.0. The van der Waals surface area contributed by atoms with Crippen molar-refractivity contribution >= 4 is 11.8 Å². The summed E-state index contributed by atoms with van der Waals surface area (Å²) < 4.78 is 0. The molecule has 0 bridgehead atoms. The van der Waals surface area contributed by atoms with E-state index in [1.807, 2.05) is 0 Å². The zero-order valence-corrected chi connectivity index (χ0v) is 13.9. The fourth-order valence-corrected chi connectivity index (χ4v) is 2.04. The van der Waals surface area contributed by atoms with E-state index in [0.717, 1.165) is 25.8 Å². The molecule has 0 rings (SSSR count). The normalized spacial score (nSPS) is 10.7. The number of nitrogens with two attached hydrogens (primary N) is 2. The van der Waals surface area contributed by atoms with Gasteiger partial charge in [0.2, 0.25) is 11.8 Å². The molecule has 0 saturated heterocycles. The molecule has 6 N–H and O–H groups in total. The zero-order chi connectivity index (χ0) is 16.6. The van der Waals surface area contributed by atoms with Crippen molar-refractivity contribution in [1.29, 1.82) is 0 Å². The molecule has 0 fully saturated rings. The predicted molar refractivity (Wildman–Crippen MR) is 89.3 cm³/mol. The van der Waals surface area contributed by atoms with Gasteiger partial charge in [0.05, 0.1) is 0 Å². The second-order valence-corrected chi connectivity index (χ2v) is 5.33. The van der Waals surface area contributed by atoms with Crippen LogP contribution in [0, 0.1) is 0 Å². The van der Waals surface area contributed by atoms with Crippen molar-refractivity contribution in [3.8, 4) is 0 Å². The van der Waals surface area contributed by atoms with Crippen molar-refractivity contribution in [3.63, 3.8) is 0 Å². The lowest BCUT2D eigenvalue weighted by Gasteiger charge is -2.21. The topological polar surface area (TPSA) is 113 Å². The van der Waals surface area contributed by atoms with Gasteiger partial charge in [-0.15, -0.1) is 0 Å². The molecule has 7 nitrogen and oxygen atoms in total. The molecular weight excluding hydrogens is 282 g/mol. The first-order valence-electron chi connectivity index (χ1n) is 8.29. The number of carbonyl (C=O) groups excluding carboxylic acids is 2. The van der Waals surface area contributed by atoms with Gasteiger partial charge in [-0.25, -0.2) is 0 Å². The molecule has 0 aromatic carbocycles. The SMILES string of the molecule is CCCCCN(CCC(=O)NCCN)CCC(=O)NCCN. The Balaban J connectivity index is 4.07. The van der Waals surface area contributed by atoms with E-state index in [1.54, 1.807) is 0 Å². The Morgan fingerprint density at radius 2 is 1.36 bits per heavy atom. The molecule has 0 unspecified atom stereocenters. The standard InChI is InChI=1S/C15H33N5O2/c1-2-3-4-11-20(12-5-14(21)18-9-7-16)13-6-15(22)19-10-8-17/h2-13,16-17H2,1H3,(H,18,21)(H,19,22). The van der Waals surface area contributed by atoms with Gasteiger partial charge in [0.15, 0.2) is 0 Å². The van der Waals surface area contributed by atoms with Gasteiger partial charge in [-0.3, -0.25) is 9.59 Å². The number of carbonyl (C=O) groups is 2. The van der Waals surface area contributed by atoms with Gasteiger partial charge in [-0.1, -0.05) is 19.8 Å². The molecule has 0 atom stereocenters. The first kappa shape index (κ1) is 20.8. The smallest absolute Gasteiger partial charge is 0.221 e. The average Bonchev–Trinajstić information content (AvgIpc) is 2.52. The second kappa shape index (κ2) is 14.7. The Morgan fingerprint density at radius 1 is 0.864 bits per heavy atom. The molecule has 130 valence electrons. The highest BCUT2D eigenvalue weighted by atomic mass is 16.2. The first-order valence-corrected chi connectivity index (χ1v) is 8.29. The van der Waals surface area contributed by atoms with Crippen LogP contribution in [0.4, 0.5) is 0 Å². The van der Waals surface area contributed by atoms with E-state index in [2.05, 4.69) is 22.5 Å². The van der Waals surface area contributed by atoms with E-state index in [0.29, 0.717) is 52.1 Å². The molecule has 0 radical (unpaired) electrons. The summed E-state index contributed by atoms with van der Waals surface area (Å²) in [5, 5.41) is 5.53. The van der Waals surface area contributed by atoms with Crippen LogP contribution in [0.1, 0.15) is 39.0 Å². The third-order valence-electron chi connectivity index (χ3n) is 3.32. The van der Waals surface area contributed by atoms with Crippen LogP contribution in [0.25, 0.3) is 0 Å². The highest BCUT2D eigenvalue weighted by Crippen LogP contribution is 2.01. The minimum atomic E-state index is 0.0125. The maximum absolute atomic E-state index is 11.6. The Morgan fingerprint density at radius 3 is 1.77 bits per heavy atom. The van der Waals surface area contributed by atoms with Crippen molar-refractivity contribution in [2.75, 3.05) is 45.8 Å². The van der Waals surface area contributed by atoms with Crippen molar-refractivity contribution in [2.24, 2.45) is 11.5 Å². The lowest BCUT2D eigenvalue weighted by molar-refractivity contribution is -0.121. The average molecular weight is 315 g/mol. The van der Waals surface area contributed by atoms with Gasteiger partial charge in [0.25, 0.3) is 0 Å². The van der Waals surface area contributed by atoms with Crippen LogP contribution in [0.5, 0.6) is 0 Å². The summed E-state index contributed by atoms with van der Waals surface area (Å²) in [6.45, 7) is 6.34. The van der Waals surface area contributed by atoms with Crippen LogP contribution in [-0.2, 0) is 9.59 Å². The maximum Gasteiger partial charge on any atom is 0.221 e.